The Labute approximate surface area is 203 Å². The number of halogens is 3. The molecule has 1 fully saturated rings. The molecule has 1 aliphatic rings. The van der Waals surface area contributed by atoms with Crippen LogP contribution in [0, 0.1) is 0 Å². The van der Waals surface area contributed by atoms with E-state index in [9.17, 15) is 18.7 Å². The lowest BCUT2D eigenvalue weighted by Crippen LogP contribution is -2.29. The number of anilines is 1. The minimum absolute atomic E-state index is 0.0430. The molecule has 186 valence electrons. The number of carbonyl (C=O) groups is 1. The van der Waals surface area contributed by atoms with E-state index in [1.807, 2.05) is 4.90 Å². The molecule has 2 heterocycles. The van der Waals surface area contributed by atoms with Crippen molar-refractivity contribution in [1.29, 1.82) is 0 Å². The van der Waals surface area contributed by atoms with E-state index in [4.69, 9.17) is 21.1 Å². The Kier molecular flexibility index (Phi) is 8.65. The number of nitrogens with zero attached hydrogens (tertiary/aromatic N) is 3. The van der Waals surface area contributed by atoms with E-state index < -0.39 is 24.4 Å². The van der Waals surface area contributed by atoms with Crippen LogP contribution in [-0.2, 0) is 4.79 Å². The van der Waals surface area contributed by atoms with Gasteiger partial charge in [-0.2, -0.15) is 0 Å². The molecule has 1 aromatic heterocycles. The average Bonchev–Trinajstić information content (AvgIpc) is 3.24. The number of ether oxygens (including phenoxy) is 2. The molecule has 7 nitrogen and oxygen atoms in total. The number of ketones is 1. The monoisotopic (exact) mass is 497 g/mol. The van der Waals surface area contributed by atoms with Crippen molar-refractivity contribution in [2.75, 3.05) is 24.6 Å². The highest BCUT2D eigenvalue weighted by Gasteiger charge is 2.28. The van der Waals surface area contributed by atoms with E-state index in [0.29, 0.717) is 24.7 Å². The van der Waals surface area contributed by atoms with E-state index in [0.717, 1.165) is 12.0 Å². The van der Waals surface area contributed by atoms with Gasteiger partial charge in [-0.25, -0.2) is 18.7 Å². The number of aromatic nitrogens is 2. The average molecular weight is 498 g/mol. The first-order valence-corrected chi connectivity index (χ1v) is 11.6. The summed E-state index contributed by atoms with van der Waals surface area (Å²) >= 11 is 6.45. The molecule has 34 heavy (non-hydrogen) atoms. The zero-order valence-corrected chi connectivity index (χ0v) is 20.3. The predicted molar refractivity (Wildman–Crippen MR) is 125 cm³/mol. The maximum atomic E-state index is 12.4. The van der Waals surface area contributed by atoms with Crippen molar-refractivity contribution >= 4 is 23.2 Å². The summed E-state index contributed by atoms with van der Waals surface area (Å²) in [6.07, 6.45) is -0.983. The number of hydrogen-bond donors (Lipinski definition) is 1. The number of alkyl halides is 2. The van der Waals surface area contributed by atoms with Crippen LogP contribution >= 0.6 is 11.6 Å². The molecular formula is C24H30ClF2N3O4. The number of benzene rings is 1. The van der Waals surface area contributed by atoms with Crippen LogP contribution in [0.4, 0.5) is 14.6 Å². The third-order valence-electron chi connectivity index (χ3n) is 5.52. The van der Waals surface area contributed by atoms with Gasteiger partial charge < -0.3 is 19.5 Å². The third kappa shape index (κ3) is 7.24. The number of Topliss-reactive ketones (excluding diaryl/α,β-unsaturated/α-hetero) is 1. The Morgan fingerprint density at radius 3 is 2.65 bits per heavy atom. The van der Waals surface area contributed by atoms with Gasteiger partial charge in [0.25, 0.3) is 0 Å². The quantitative estimate of drug-likeness (QED) is 0.483. The SMILES string of the molecule is CC(C(=O)CCC(F)F)c1ccc(O[C@@H]2CCN(c3ncnc(OCC(C)(C)O)c3Cl)C2)cc1. The summed E-state index contributed by atoms with van der Waals surface area (Å²) in [5, 5.41) is 10.1. The molecule has 2 aromatic rings. The van der Waals surface area contributed by atoms with Crippen molar-refractivity contribution in [2.45, 2.75) is 64.1 Å². The molecule has 1 unspecified atom stereocenters. The molecule has 1 saturated heterocycles. The van der Waals surface area contributed by atoms with E-state index in [2.05, 4.69) is 9.97 Å². The molecule has 0 aliphatic carbocycles. The lowest BCUT2D eigenvalue weighted by molar-refractivity contribution is -0.120. The van der Waals surface area contributed by atoms with Gasteiger partial charge in [-0.3, -0.25) is 4.79 Å². The van der Waals surface area contributed by atoms with E-state index in [1.54, 1.807) is 45.0 Å². The predicted octanol–water partition coefficient (Wildman–Crippen LogP) is 4.66. The molecule has 0 saturated carbocycles. The van der Waals surface area contributed by atoms with Crippen LogP contribution in [0.15, 0.2) is 30.6 Å². The van der Waals surface area contributed by atoms with Crippen molar-refractivity contribution in [3.63, 3.8) is 0 Å². The zero-order valence-electron chi connectivity index (χ0n) is 19.5. The molecular weight excluding hydrogens is 468 g/mol. The minimum Gasteiger partial charge on any atom is -0.489 e. The second kappa shape index (κ2) is 11.3. The summed E-state index contributed by atoms with van der Waals surface area (Å²) in [5.41, 5.74) is -0.251. The normalized spacial score (nSPS) is 17.2. The van der Waals surface area contributed by atoms with Gasteiger partial charge in [0, 0.05) is 31.7 Å². The number of aliphatic hydroxyl groups is 1. The van der Waals surface area contributed by atoms with Gasteiger partial charge in [-0.15, -0.1) is 0 Å². The van der Waals surface area contributed by atoms with E-state index in [1.165, 1.54) is 6.33 Å². The van der Waals surface area contributed by atoms with Crippen LogP contribution in [-0.4, -0.2) is 58.7 Å². The molecule has 1 N–H and O–H groups in total. The Bertz CT molecular complexity index is 970. The lowest BCUT2D eigenvalue weighted by atomic mass is 9.94. The Morgan fingerprint density at radius 2 is 2.00 bits per heavy atom. The first-order chi connectivity index (χ1) is 16.0. The fraction of sp³-hybridized carbons (Fsp3) is 0.542. The summed E-state index contributed by atoms with van der Waals surface area (Å²) in [6, 6.07) is 7.16. The molecule has 0 bridgehead atoms. The van der Waals surface area contributed by atoms with Crippen LogP contribution in [0.1, 0.15) is 51.5 Å². The Morgan fingerprint density at radius 1 is 1.29 bits per heavy atom. The van der Waals surface area contributed by atoms with Crippen LogP contribution in [0.5, 0.6) is 11.6 Å². The molecule has 10 heteroatoms. The number of hydrogen-bond acceptors (Lipinski definition) is 7. The minimum atomic E-state index is -2.47. The largest absolute Gasteiger partial charge is 0.489 e. The smallest absolute Gasteiger partial charge is 0.239 e. The van der Waals surface area contributed by atoms with Crippen LogP contribution in [0.2, 0.25) is 5.02 Å². The van der Waals surface area contributed by atoms with Gasteiger partial charge in [0.2, 0.25) is 12.3 Å². The summed E-state index contributed by atoms with van der Waals surface area (Å²) in [6.45, 7) is 6.27. The fourth-order valence-electron chi connectivity index (χ4n) is 3.61. The third-order valence-corrected chi connectivity index (χ3v) is 5.85. The second-order valence-electron chi connectivity index (χ2n) is 9.08. The van der Waals surface area contributed by atoms with Gasteiger partial charge >= 0.3 is 0 Å². The maximum Gasteiger partial charge on any atom is 0.239 e. The topological polar surface area (TPSA) is 84.8 Å². The summed E-state index contributed by atoms with van der Waals surface area (Å²) in [4.78, 5) is 22.4. The highest BCUT2D eigenvalue weighted by atomic mass is 35.5. The van der Waals surface area contributed by atoms with Crippen molar-refractivity contribution in [1.82, 2.24) is 9.97 Å². The van der Waals surface area contributed by atoms with Crippen molar-refractivity contribution < 1.29 is 28.2 Å². The molecule has 3 rings (SSSR count). The van der Waals surface area contributed by atoms with Crippen molar-refractivity contribution in [2.24, 2.45) is 0 Å². The van der Waals surface area contributed by atoms with Crippen LogP contribution in [0.3, 0.4) is 0 Å². The number of carbonyl (C=O) groups excluding carboxylic acids is 1. The van der Waals surface area contributed by atoms with E-state index >= 15 is 0 Å². The first kappa shape index (κ1) is 26.1. The highest BCUT2D eigenvalue weighted by Crippen LogP contribution is 2.33. The second-order valence-corrected chi connectivity index (χ2v) is 9.46. The van der Waals surface area contributed by atoms with Gasteiger partial charge in [0.05, 0.1) is 12.1 Å². The van der Waals surface area contributed by atoms with Gasteiger partial charge in [-0.1, -0.05) is 30.7 Å². The highest BCUT2D eigenvalue weighted by molar-refractivity contribution is 6.34. The lowest BCUT2D eigenvalue weighted by Gasteiger charge is -2.21. The Hall–Kier alpha value is -2.52. The number of rotatable bonds is 11. The summed E-state index contributed by atoms with van der Waals surface area (Å²) < 4.78 is 36.4. The van der Waals surface area contributed by atoms with Crippen molar-refractivity contribution in [3.8, 4) is 11.6 Å². The fourth-order valence-corrected chi connectivity index (χ4v) is 3.88. The molecule has 0 radical (unpaired) electrons. The van der Waals surface area contributed by atoms with Gasteiger partial charge in [0.15, 0.2) is 5.82 Å². The van der Waals surface area contributed by atoms with Crippen molar-refractivity contribution in [3.05, 3.63) is 41.2 Å². The molecule has 0 amide bonds. The molecule has 1 aromatic carbocycles. The van der Waals surface area contributed by atoms with Crippen LogP contribution in [0.25, 0.3) is 0 Å². The molecule has 0 spiro atoms. The maximum absolute atomic E-state index is 12.4. The first-order valence-electron chi connectivity index (χ1n) is 11.2. The Balaban J connectivity index is 1.57. The standard InChI is InChI=1S/C24H30ClF2N3O4/c1-15(19(31)8-9-20(26)27)16-4-6-17(7-5-16)34-18-10-11-30(12-18)22-21(25)23(29-14-28-22)33-13-24(2,3)32/h4-7,14-15,18,20,32H,8-13H2,1-3H3/t15?,18-/m1/s1. The molecule has 1 aliphatic heterocycles. The van der Waals surface area contributed by atoms with Crippen LogP contribution < -0.4 is 14.4 Å². The van der Waals surface area contributed by atoms with E-state index in [-0.39, 0.29) is 35.8 Å². The van der Waals surface area contributed by atoms with Gasteiger partial charge in [0.1, 0.15) is 35.6 Å². The molecule has 2 atom stereocenters. The van der Waals surface area contributed by atoms with Gasteiger partial charge in [-0.05, 0) is 31.5 Å². The summed E-state index contributed by atoms with van der Waals surface area (Å²) in [5.74, 6) is 0.771. The zero-order chi connectivity index (χ0) is 24.9. The summed E-state index contributed by atoms with van der Waals surface area (Å²) in [7, 11) is 0.